The number of ether oxygens (including phenoxy) is 2. The molecule has 4 rings (SSSR count). The van der Waals surface area contributed by atoms with Crippen LogP contribution in [-0.2, 0) is 9.73 Å². The summed E-state index contributed by atoms with van der Waals surface area (Å²) in [7, 11) is -1.54. The third-order valence-electron chi connectivity index (χ3n) is 5.09. The molecule has 0 spiro atoms. The third kappa shape index (κ3) is 5.17. The van der Waals surface area contributed by atoms with Gasteiger partial charge in [-0.3, -0.25) is 4.79 Å². The van der Waals surface area contributed by atoms with E-state index in [1.165, 1.54) is 36.8 Å². The lowest BCUT2D eigenvalue weighted by atomic mass is 10.1. The molecule has 182 valence electrons. The summed E-state index contributed by atoms with van der Waals surface area (Å²) in [6.07, 6.45) is 2.93. The first kappa shape index (κ1) is 24.8. The Bertz CT molecular complexity index is 1600. The summed E-state index contributed by atoms with van der Waals surface area (Å²) >= 11 is 1.35. The van der Waals surface area contributed by atoms with Crippen molar-refractivity contribution in [2.45, 2.75) is 11.8 Å². The molecule has 2 N–H and O–H groups in total. The molecule has 1 unspecified atom stereocenters. The number of nitrogens with zero attached hydrogens (tertiary/aromatic N) is 4. The van der Waals surface area contributed by atoms with Crippen LogP contribution >= 0.6 is 11.3 Å². The predicted molar refractivity (Wildman–Crippen MR) is 135 cm³/mol. The number of hydrogen-bond acceptors (Lipinski definition) is 10. The highest BCUT2D eigenvalue weighted by molar-refractivity contribution is 7.91. The maximum absolute atomic E-state index is 13.5. The van der Waals surface area contributed by atoms with Crippen LogP contribution in [0.25, 0.3) is 10.7 Å². The molecule has 0 saturated carbocycles. The number of nitrogens with one attached hydrogen (secondary N) is 2. The zero-order valence-corrected chi connectivity index (χ0v) is 21.1. The van der Waals surface area contributed by atoms with Gasteiger partial charge in [-0.25, -0.2) is 14.0 Å². The number of amides is 1. The van der Waals surface area contributed by atoms with Crippen LogP contribution in [0.15, 0.2) is 58.9 Å². The molecule has 2 aromatic heterocycles. The van der Waals surface area contributed by atoms with Gasteiger partial charge < -0.3 is 14.8 Å². The van der Waals surface area contributed by atoms with Gasteiger partial charge in [0.15, 0.2) is 11.5 Å². The highest BCUT2D eigenvalue weighted by Gasteiger charge is 2.24. The van der Waals surface area contributed by atoms with Crippen LogP contribution in [0.1, 0.15) is 21.5 Å². The molecule has 0 saturated heterocycles. The molecule has 0 radical (unpaired) electrons. The number of aromatic nitrogens is 3. The number of anilines is 1. The Balaban J connectivity index is 1.79. The number of hydrogen-bond donors (Lipinski definition) is 2. The molecule has 2 aromatic carbocycles. The average molecular weight is 521 g/mol. The van der Waals surface area contributed by atoms with Crippen molar-refractivity contribution in [3.63, 3.8) is 0 Å². The Morgan fingerprint density at radius 2 is 2.00 bits per heavy atom. The van der Waals surface area contributed by atoms with E-state index in [2.05, 4.69) is 20.5 Å². The fourth-order valence-corrected chi connectivity index (χ4v) is 4.68. The number of carbonyl (C=O) groups excluding carboxylic acids is 1. The average Bonchev–Trinajstić information content (AvgIpc) is 3.38. The van der Waals surface area contributed by atoms with E-state index in [0.29, 0.717) is 27.5 Å². The zero-order valence-electron chi connectivity index (χ0n) is 19.4. The van der Waals surface area contributed by atoms with Gasteiger partial charge in [0.1, 0.15) is 16.3 Å². The van der Waals surface area contributed by atoms with Gasteiger partial charge in [0.25, 0.3) is 11.8 Å². The second-order valence-corrected chi connectivity index (χ2v) is 10.6. The van der Waals surface area contributed by atoms with Crippen LogP contribution < -0.4 is 14.8 Å². The standard InChI is InChI=1S/C24H20N6O4S2/c1-14-20(22(31)28-16-5-4-6-17(12-16)36(3,26)32)23(30-29-21(14)24-27-9-10-35-24)34-18-8-7-15(13-25)11-19(18)33-2/h4-12,26H,1-3H3,(H,28,31). The van der Waals surface area contributed by atoms with E-state index in [1.807, 2.05) is 6.07 Å². The van der Waals surface area contributed by atoms with Crippen molar-refractivity contribution in [3.8, 4) is 34.1 Å². The van der Waals surface area contributed by atoms with Crippen molar-refractivity contribution in [1.82, 2.24) is 15.2 Å². The molecule has 10 nitrogen and oxygen atoms in total. The molecule has 0 fully saturated rings. The summed E-state index contributed by atoms with van der Waals surface area (Å²) in [4.78, 5) is 18.1. The quantitative estimate of drug-likeness (QED) is 0.350. The number of rotatable bonds is 7. The highest BCUT2D eigenvalue weighted by atomic mass is 32.2. The van der Waals surface area contributed by atoms with Crippen molar-refractivity contribution in [2.24, 2.45) is 0 Å². The molecule has 0 aliphatic heterocycles. The highest BCUT2D eigenvalue weighted by Crippen LogP contribution is 2.36. The van der Waals surface area contributed by atoms with Gasteiger partial charge in [0.05, 0.1) is 28.5 Å². The van der Waals surface area contributed by atoms with Gasteiger partial charge >= 0.3 is 0 Å². The number of thiazole rings is 1. The molecule has 12 heteroatoms. The lowest BCUT2D eigenvalue weighted by molar-refractivity contribution is 0.102. The number of methoxy groups -OCH3 is 1. The first-order valence-corrected chi connectivity index (χ1v) is 13.2. The van der Waals surface area contributed by atoms with E-state index in [0.717, 1.165) is 0 Å². The Morgan fingerprint density at radius 1 is 1.19 bits per heavy atom. The summed E-state index contributed by atoms with van der Waals surface area (Å²) in [5.41, 5.74) is 1.74. The molecular weight excluding hydrogens is 500 g/mol. The molecule has 36 heavy (non-hydrogen) atoms. The van der Waals surface area contributed by atoms with Crippen LogP contribution in [0.4, 0.5) is 5.69 Å². The summed E-state index contributed by atoms with van der Waals surface area (Å²) in [5.74, 6) is -0.107. The fourth-order valence-electron chi connectivity index (χ4n) is 3.32. The topological polar surface area (TPSA) is 151 Å². The van der Waals surface area contributed by atoms with Crippen molar-refractivity contribution >= 4 is 32.7 Å². The number of benzene rings is 2. The molecule has 2 heterocycles. The van der Waals surface area contributed by atoms with E-state index in [-0.39, 0.29) is 27.8 Å². The minimum atomic E-state index is -2.97. The van der Waals surface area contributed by atoms with E-state index >= 15 is 0 Å². The molecule has 0 bridgehead atoms. The lowest BCUT2D eigenvalue weighted by Crippen LogP contribution is -2.17. The maximum Gasteiger partial charge on any atom is 0.261 e. The number of carbonyl (C=O) groups is 1. The second kappa shape index (κ2) is 10.1. The van der Waals surface area contributed by atoms with Crippen molar-refractivity contribution < 1.29 is 18.5 Å². The van der Waals surface area contributed by atoms with Crippen LogP contribution in [0.2, 0.25) is 0 Å². The molecule has 4 aromatic rings. The van der Waals surface area contributed by atoms with Crippen molar-refractivity contribution in [2.75, 3.05) is 18.7 Å². The minimum absolute atomic E-state index is 0.0794. The Kier molecular flexibility index (Phi) is 6.96. The van der Waals surface area contributed by atoms with E-state index < -0.39 is 15.6 Å². The molecule has 0 aliphatic carbocycles. The van der Waals surface area contributed by atoms with Crippen LogP contribution in [-0.4, -0.2) is 38.7 Å². The van der Waals surface area contributed by atoms with E-state index in [1.54, 1.807) is 48.8 Å². The van der Waals surface area contributed by atoms with Crippen LogP contribution in [0.3, 0.4) is 0 Å². The van der Waals surface area contributed by atoms with Gasteiger partial charge in [0, 0.05) is 34.5 Å². The Labute approximate surface area is 211 Å². The Hall–Kier alpha value is -4.34. The second-order valence-electron chi connectivity index (χ2n) is 7.60. The molecule has 1 amide bonds. The van der Waals surface area contributed by atoms with Gasteiger partial charge in [-0.15, -0.1) is 21.5 Å². The predicted octanol–water partition coefficient (Wildman–Crippen LogP) is 4.87. The van der Waals surface area contributed by atoms with Crippen LogP contribution in [0.5, 0.6) is 17.4 Å². The first-order valence-electron chi connectivity index (χ1n) is 10.4. The first-order chi connectivity index (χ1) is 17.2. The maximum atomic E-state index is 13.5. The van der Waals surface area contributed by atoms with Gasteiger partial charge in [0.2, 0.25) is 0 Å². The fraction of sp³-hybridized carbons (Fsp3) is 0.125. The summed E-state index contributed by atoms with van der Waals surface area (Å²) in [5, 5.41) is 22.7. The monoisotopic (exact) mass is 520 g/mol. The van der Waals surface area contributed by atoms with Gasteiger partial charge in [-0.1, -0.05) is 6.07 Å². The van der Waals surface area contributed by atoms with Gasteiger partial charge in [-0.2, -0.15) is 5.26 Å². The summed E-state index contributed by atoms with van der Waals surface area (Å²) in [6.45, 7) is 1.71. The smallest absolute Gasteiger partial charge is 0.261 e. The largest absolute Gasteiger partial charge is 0.493 e. The van der Waals surface area contributed by atoms with E-state index in [9.17, 15) is 9.00 Å². The zero-order chi connectivity index (χ0) is 25.9. The molecule has 0 aliphatic rings. The number of nitriles is 1. The van der Waals surface area contributed by atoms with Gasteiger partial charge in [-0.05, 0) is 42.8 Å². The Morgan fingerprint density at radius 3 is 2.67 bits per heavy atom. The normalized spacial score (nSPS) is 12.3. The van der Waals surface area contributed by atoms with E-state index in [4.69, 9.17) is 19.5 Å². The third-order valence-corrected chi connectivity index (χ3v) is 7.02. The summed E-state index contributed by atoms with van der Waals surface area (Å²) < 4.78 is 31.3. The van der Waals surface area contributed by atoms with Crippen molar-refractivity contribution in [3.05, 3.63) is 70.7 Å². The van der Waals surface area contributed by atoms with Crippen LogP contribution in [0, 0.1) is 23.0 Å². The lowest BCUT2D eigenvalue weighted by Gasteiger charge is -2.16. The summed E-state index contributed by atoms with van der Waals surface area (Å²) in [6, 6.07) is 12.9. The van der Waals surface area contributed by atoms with Crippen molar-refractivity contribution in [1.29, 1.82) is 10.0 Å². The molecule has 1 atom stereocenters. The molecular formula is C24H20N6O4S2. The minimum Gasteiger partial charge on any atom is -0.493 e. The SMILES string of the molecule is COc1cc(C#N)ccc1Oc1nnc(-c2nccs2)c(C)c1C(=O)Nc1cccc(S(C)(=N)=O)c1.